The van der Waals surface area contributed by atoms with Crippen LogP contribution >= 0.6 is 0 Å². The van der Waals surface area contributed by atoms with Crippen molar-refractivity contribution >= 4 is 11.6 Å². The van der Waals surface area contributed by atoms with Crippen LogP contribution in [0.5, 0.6) is 0 Å². The average molecular weight is 292 g/mol. The van der Waals surface area contributed by atoms with E-state index in [4.69, 9.17) is 10.9 Å². The molecule has 1 aromatic heterocycles. The van der Waals surface area contributed by atoms with Crippen LogP contribution in [0.25, 0.3) is 0 Å². The van der Waals surface area contributed by atoms with Crippen LogP contribution in [0.2, 0.25) is 0 Å². The van der Waals surface area contributed by atoms with Crippen molar-refractivity contribution in [3.8, 4) is 0 Å². The smallest absolute Gasteiger partial charge is 0.395 e. The number of hydrazine groups is 1. The minimum absolute atomic E-state index is 0.0872. The third-order valence-corrected chi connectivity index (χ3v) is 2.45. The van der Waals surface area contributed by atoms with Crippen LogP contribution in [-0.4, -0.2) is 46.8 Å². The van der Waals surface area contributed by atoms with E-state index in [-0.39, 0.29) is 11.3 Å². The lowest BCUT2D eigenvalue weighted by Crippen LogP contribution is -2.41. The van der Waals surface area contributed by atoms with Gasteiger partial charge in [-0.25, -0.2) is 0 Å². The number of nitrogens with two attached hydrogens (primary N) is 1. The Balaban J connectivity index is 3.06. The lowest BCUT2D eigenvalue weighted by atomic mass is 10.2. The van der Waals surface area contributed by atoms with Crippen molar-refractivity contribution in [1.82, 2.24) is 9.88 Å². The van der Waals surface area contributed by atoms with E-state index in [1.807, 2.05) is 0 Å². The topological polar surface area (TPSA) is 91.5 Å². The van der Waals surface area contributed by atoms with Crippen molar-refractivity contribution in [3.05, 3.63) is 23.5 Å². The number of rotatable bonds is 5. The summed E-state index contributed by atoms with van der Waals surface area (Å²) in [5.41, 5.74) is 2.89. The van der Waals surface area contributed by atoms with Gasteiger partial charge in [0.15, 0.2) is 0 Å². The van der Waals surface area contributed by atoms with Gasteiger partial charge in [0, 0.05) is 18.4 Å². The minimum Gasteiger partial charge on any atom is -0.395 e. The third kappa shape index (κ3) is 4.35. The predicted octanol–water partition coefficient (Wildman–Crippen LogP) is 0.672. The lowest BCUT2D eigenvalue weighted by Gasteiger charge is -2.24. The highest BCUT2D eigenvalue weighted by Crippen LogP contribution is 2.21. The Morgan fingerprint density at radius 2 is 2.20 bits per heavy atom. The van der Waals surface area contributed by atoms with Crippen molar-refractivity contribution in [3.63, 3.8) is 0 Å². The molecule has 0 aliphatic heterocycles. The van der Waals surface area contributed by atoms with E-state index in [0.29, 0.717) is 10.6 Å². The Kier molecular flexibility index (Phi) is 5.28. The van der Waals surface area contributed by atoms with Gasteiger partial charge in [-0.3, -0.25) is 15.6 Å². The molecule has 0 bridgehead atoms. The lowest BCUT2D eigenvalue weighted by molar-refractivity contribution is -0.141. The molecule has 0 saturated heterocycles. The summed E-state index contributed by atoms with van der Waals surface area (Å²) in [6, 6.07) is 1.44. The van der Waals surface area contributed by atoms with E-state index < -0.39 is 31.8 Å². The van der Waals surface area contributed by atoms with E-state index in [1.54, 1.807) is 6.92 Å². The Bertz CT molecular complexity index is 479. The number of carbonyl (C=O) groups excluding carboxylic acids is 1. The highest BCUT2D eigenvalue weighted by molar-refractivity contribution is 5.99. The van der Waals surface area contributed by atoms with Crippen molar-refractivity contribution in [2.24, 2.45) is 5.84 Å². The number of aromatic nitrogens is 1. The molecule has 112 valence electrons. The molecule has 1 aromatic rings. The zero-order valence-corrected chi connectivity index (χ0v) is 10.7. The summed E-state index contributed by atoms with van der Waals surface area (Å²) in [6.07, 6.45) is -3.41. The van der Waals surface area contributed by atoms with E-state index in [1.165, 1.54) is 6.07 Å². The van der Waals surface area contributed by atoms with Crippen LogP contribution < -0.4 is 11.3 Å². The molecule has 0 fully saturated rings. The molecule has 6 nitrogen and oxygen atoms in total. The van der Waals surface area contributed by atoms with Gasteiger partial charge in [0.25, 0.3) is 5.91 Å². The van der Waals surface area contributed by atoms with Gasteiger partial charge in [-0.1, -0.05) is 0 Å². The van der Waals surface area contributed by atoms with E-state index in [0.717, 1.165) is 6.20 Å². The monoisotopic (exact) mass is 292 g/mol. The summed E-state index contributed by atoms with van der Waals surface area (Å²) in [5.74, 6) is 4.33. The highest BCUT2D eigenvalue weighted by atomic mass is 19.4. The number of carbonyl (C=O) groups is 1. The minimum atomic E-state index is -4.56. The van der Waals surface area contributed by atoms with E-state index in [9.17, 15) is 18.0 Å². The van der Waals surface area contributed by atoms with Gasteiger partial charge in [-0.15, -0.1) is 0 Å². The Morgan fingerprint density at radius 3 is 2.70 bits per heavy atom. The van der Waals surface area contributed by atoms with Gasteiger partial charge >= 0.3 is 6.18 Å². The van der Waals surface area contributed by atoms with Gasteiger partial charge in [0.2, 0.25) is 0 Å². The number of amides is 1. The van der Waals surface area contributed by atoms with Gasteiger partial charge in [-0.05, 0) is 13.0 Å². The Hall–Kier alpha value is -1.87. The van der Waals surface area contributed by atoms with Gasteiger partial charge in [0.1, 0.15) is 6.54 Å². The number of anilines is 1. The van der Waals surface area contributed by atoms with Gasteiger partial charge in [0.05, 0.1) is 17.9 Å². The first kappa shape index (κ1) is 16.2. The average Bonchev–Trinajstić information content (AvgIpc) is 2.35. The third-order valence-electron chi connectivity index (χ3n) is 2.45. The number of nitrogens with one attached hydrogen (secondary N) is 1. The number of pyridine rings is 1. The molecule has 1 heterocycles. The molecule has 0 unspecified atom stereocenters. The molecule has 0 aromatic carbocycles. The van der Waals surface area contributed by atoms with Crippen molar-refractivity contribution in [2.45, 2.75) is 13.1 Å². The first-order valence-corrected chi connectivity index (χ1v) is 5.68. The predicted molar refractivity (Wildman–Crippen MR) is 65.8 cm³/mol. The van der Waals surface area contributed by atoms with Crippen LogP contribution in [0.1, 0.15) is 16.1 Å². The van der Waals surface area contributed by atoms with Crippen LogP contribution in [0, 0.1) is 6.92 Å². The fourth-order valence-electron chi connectivity index (χ4n) is 1.61. The number of aryl methyl sites for hydroxylation is 1. The molecule has 0 radical (unpaired) electrons. The summed E-state index contributed by atoms with van der Waals surface area (Å²) < 4.78 is 37.3. The zero-order valence-electron chi connectivity index (χ0n) is 10.7. The maximum atomic E-state index is 12.4. The van der Waals surface area contributed by atoms with E-state index in [2.05, 4.69) is 10.4 Å². The first-order valence-electron chi connectivity index (χ1n) is 5.68. The Labute approximate surface area is 113 Å². The summed E-state index contributed by atoms with van der Waals surface area (Å²) in [5, 5.41) is 8.78. The van der Waals surface area contributed by atoms with Crippen molar-refractivity contribution < 1.29 is 23.1 Å². The molecule has 0 aliphatic carbocycles. The van der Waals surface area contributed by atoms with Gasteiger partial charge < -0.3 is 15.4 Å². The van der Waals surface area contributed by atoms with Crippen molar-refractivity contribution in [1.29, 1.82) is 0 Å². The summed E-state index contributed by atoms with van der Waals surface area (Å²) >= 11 is 0. The SMILES string of the molecule is Cc1cc(NN)c(C(=O)N(CCO)CC(F)(F)F)cn1. The largest absolute Gasteiger partial charge is 0.406 e. The number of halogens is 3. The number of nitrogen functional groups attached to an aromatic ring is 1. The number of hydrogen-bond donors (Lipinski definition) is 3. The molecule has 20 heavy (non-hydrogen) atoms. The number of nitrogens with zero attached hydrogens (tertiary/aromatic N) is 2. The van der Waals surface area contributed by atoms with Crippen molar-refractivity contribution in [2.75, 3.05) is 25.1 Å². The quantitative estimate of drug-likeness (QED) is 0.548. The maximum absolute atomic E-state index is 12.4. The molecule has 1 rings (SSSR count). The molecule has 1 amide bonds. The molecular weight excluding hydrogens is 277 g/mol. The normalized spacial score (nSPS) is 11.3. The maximum Gasteiger partial charge on any atom is 0.406 e. The molecular formula is C11H15F3N4O2. The molecule has 0 aliphatic rings. The summed E-state index contributed by atoms with van der Waals surface area (Å²) in [7, 11) is 0. The number of aliphatic hydroxyl groups excluding tert-OH is 1. The highest BCUT2D eigenvalue weighted by Gasteiger charge is 2.33. The number of alkyl halides is 3. The van der Waals surface area contributed by atoms with E-state index >= 15 is 0 Å². The standard InChI is InChI=1S/C11H15F3N4O2/c1-7-4-9(17-15)8(5-16-7)10(20)18(2-3-19)6-11(12,13)14/h4-5,19H,2-3,6,15H2,1H3,(H,16,17). The number of hydrogen-bond acceptors (Lipinski definition) is 5. The fraction of sp³-hybridized carbons (Fsp3) is 0.455. The second kappa shape index (κ2) is 6.53. The van der Waals surface area contributed by atoms with Crippen LogP contribution in [0.15, 0.2) is 12.3 Å². The molecule has 0 atom stereocenters. The Morgan fingerprint density at radius 1 is 1.55 bits per heavy atom. The van der Waals surface area contributed by atoms with Crippen LogP contribution in [-0.2, 0) is 0 Å². The molecule has 9 heteroatoms. The second-order valence-electron chi connectivity index (χ2n) is 4.08. The number of aliphatic hydroxyl groups is 1. The second-order valence-corrected chi connectivity index (χ2v) is 4.08. The molecule has 4 N–H and O–H groups in total. The molecule has 0 saturated carbocycles. The van der Waals surface area contributed by atoms with Gasteiger partial charge in [-0.2, -0.15) is 13.2 Å². The first-order chi connectivity index (χ1) is 9.28. The zero-order chi connectivity index (χ0) is 15.3. The fourth-order valence-corrected chi connectivity index (χ4v) is 1.61. The summed E-state index contributed by atoms with van der Waals surface area (Å²) in [6.45, 7) is -0.816. The van der Waals surface area contributed by atoms with Crippen LogP contribution in [0.3, 0.4) is 0 Å². The summed E-state index contributed by atoms with van der Waals surface area (Å²) in [4.78, 5) is 16.4. The van der Waals surface area contributed by atoms with Crippen LogP contribution in [0.4, 0.5) is 18.9 Å². The molecule has 0 spiro atoms.